The summed E-state index contributed by atoms with van der Waals surface area (Å²) >= 11 is 6.08. The molecular formula is C17H15ClN4O. The van der Waals surface area contributed by atoms with Crippen LogP contribution in [0, 0.1) is 13.8 Å². The Hall–Kier alpha value is -2.66. The summed E-state index contributed by atoms with van der Waals surface area (Å²) in [4.78, 5) is 12.4. The molecule has 6 heteroatoms. The van der Waals surface area contributed by atoms with Crippen LogP contribution in [0.1, 0.15) is 21.5 Å². The Kier molecular flexibility index (Phi) is 4.12. The first-order valence-corrected chi connectivity index (χ1v) is 7.46. The second-order valence-electron chi connectivity index (χ2n) is 5.26. The minimum absolute atomic E-state index is 0.223. The molecule has 0 aliphatic rings. The van der Waals surface area contributed by atoms with Gasteiger partial charge in [-0.3, -0.25) is 9.36 Å². The minimum Gasteiger partial charge on any atom is -0.321 e. The average molecular weight is 327 g/mol. The molecule has 23 heavy (non-hydrogen) atoms. The molecule has 2 aromatic carbocycles. The fourth-order valence-corrected chi connectivity index (χ4v) is 2.67. The van der Waals surface area contributed by atoms with Gasteiger partial charge in [0.2, 0.25) is 0 Å². The van der Waals surface area contributed by atoms with Gasteiger partial charge in [0.25, 0.3) is 5.91 Å². The largest absolute Gasteiger partial charge is 0.321 e. The maximum absolute atomic E-state index is 12.4. The van der Waals surface area contributed by atoms with Crippen molar-refractivity contribution >= 4 is 23.2 Å². The molecule has 0 saturated heterocycles. The van der Waals surface area contributed by atoms with E-state index < -0.39 is 0 Å². The number of halogens is 1. The van der Waals surface area contributed by atoms with Crippen molar-refractivity contribution in [3.63, 3.8) is 0 Å². The first-order valence-electron chi connectivity index (χ1n) is 7.08. The Morgan fingerprint density at radius 3 is 2.30 bits per heavy atom. The van der Waals surface area contributed by atoms with Crippen molar-refractivity contribution in [1.29, 1.82) is 0 Å². The van der Waals surface area contributed by atoms with Gasteiger partial charge in [0, 0.05) is 11.4 Å². The molecule has 116 valence electrons. The van der Waals surface area contributed by atoms with Crippen LogP contribution in [0.15, 0.2) is 49.1 Å². The van der Waals surface area contributed by atoms with Crippen LogP contribution < -0.4 is 5.32 Å². The number of hydrogen-bond donors (Lipinski definition) is 1. The molecule has 0 unspecified atom stereocenters. The summed E-state index contributed by atoms with van der Waals surface area (Å²) in [6, 6.07) is 10.9. The molecule has 0 aliphatic heterocycles. The third kappa shape index (κ3) is 3.10. The van der Waals surface area contributed by atoms with Gasteiger partial charge < -0.3 is 5.32 Å². The molecule has 1 N–H and O–H groups in total. The van der Waals surface area contributed by atoms with E-state index in [2.05, 4.69) is 15.5 Å². The molecule has 0 atom stereocenters. The minimum atomic E-state index is -0.223. The summed E-state index contributed by atoms with van der Waals surface area (Å²) in [6.07, 6.45) is 3.27. The lowest BCUT2D eigenvalue weighted by Gasteiger charge is -2.14. The molecule has 1 amide bonds. The second kappa shape index (κ2) is 6.22. The van der Waals surface area contributed by atoms with Crippen molar-refractivity contribution in [2.75, 3.05) is 5.32 Å². The Balaban J connectivity index is 1.92. The van der Waals surface area contributed by atoms with E-state index in [4.69, 9.17) is 11.6 Å². The third-order valence-corrected chi connectivity index (χ3v) is 3.92. The topological polar surface area (TPSA) is 59.8 Å². The number of aromatic nitrogens is 3. The standard InChI is InChI=1S/C17H15ClN4O/c1-11-7-13(22-9-19-20-10-22)8-12(2)16(11)21-17(23)14-5-3-4-6-15(14)18/h3-10H,1-2H3,(H,21,23). The van der Waals surface area contributed by atoms with E-state index in [1.165, 1.54) is 0 Å². The number of rotatable bonds is 3. The molecule has 1 heterocycles. The Labute approximate surface area is 138 Å². The van der Waals surface area contributed by atoms with E-state index in [9.17, 15) is 4.79 Å². The number of benzene rings is 2. The molecule has 0 saturated carbocycles. The van der Waals surface area contributed by atoms with Crippen LogP contribution in [0.4, 0.5) is 5.69 Å². The van der Waals surface area contributed by atoms with Crippen molar-refractivity contribution in [2.45, 2.75) is 13.8 Å². The fourth-order valence-electron chi connectivity index (χ4n) is 2.45. The smallest absolute Gasteiger partial charge is 0.257 e. The van der Waals surface area contributed by atoms with E-state index in [1.54, 1.807) is 36.9 Å². The van der Waals surface area contributed by atoms with Crippen molar-refractivity contribution in [1.82, 2.24) is 14.8 Å². The van der Waals surface area contributed by atoms with Crippen LogP contribution in [0.5, 0.6) is 0 Å². The van der Waals surface area contributed by atoms with Crippen LogP contribution in [-0.2, 0) is 0 Å². The lowest BCUT2D eigenvalue weighted by Crippen LogP contribution is -2.14. The third-order valence-electron chi connectivity index (χ3n) is 3.59. The number of carbonyl (C=O) groups is 1. The number of aryl methyl sites for hydroxylation is 2. The Morgan fingerprint density at radius 1 is 1.09 bits per heavy atom. The molecule has 0 bridgehead atoms. The zero-order chi connectivity index (χ0) is 16.4. The maximum atomic E-state index is 12.4. The van der Waals surface area contributed by atoms with Crippen LogP contribution in [0.25, 0.3) is 5.69 Å². The van der Waals surface area contributed by atoms with Gasteiger partial charge in [-0.15, -0.1) is 10.2 Å². The maximum Gasteiger partial charge on any atom is 0.257 e. The normalized spacial score (nSPS) is 10.6. The summed E-state index contributed by atoms with van der Waals surface area (Å²) in [5, 5.41) is 11.0. The van der Waals surface area contributed by atoms with E-state index in [-0.39, 0.29) is 5.91 Å². The monoisotopic (exact) mass is 326 g/mol. The predicted octanol–water partition coefficient (Wildman–Crippen LogP) is 3.79. The molecule has 3 aromatic rings. The van der Waals surface area contributed by atoms with Gasteiger partial charge in [0.15, 0.2) is 0 Å². The average Bonchev–Trinajstić information content (AvgIpc) is 3.05. The predicted molar refractivity (Wildman–Crippen MR) is 90.2 cm³/mol. The molecule has 0 radical (unpaired) electrons. The number of carbonyl (C=O) groups excluding carboxylic acids is 1. The van der Waals surface area contributed by atoms with Gasteiger partial charge in [-0.25, -0.2) is 0 Å². The molecule has 0 spiro atoms. The summed E-state index contributed by atoms with van der Waals surface area (Å²) in [5.41, 5.74) is 4.09. The highest BCUT2D eigenvalue weighted by molar-refractivity contribution is 6.34. The van der Waals surface area contributed by atoms with Gasteiger partial charge in [-0.2, -0.15) is 0 Å². The van der Waals surface area contributed by atoms with Crippen molar-refractivity contribution in [3.8, 4) is 5.69 Å². The highest BCUT2D eigenvalue weighted by atomic mass is 35.5. The van der Waals surface area contributed by atoms with Crippen molar-refractivity contribution in [2.24, 2.45) is 0 Å². The van der Waals surface area contributed by atoms with E-state index in [0.29, 0.717) is 10.6 Å². The van der Waals surface area contributed by atoms with E-state index in [1.807, 2.05) is 30.5 Å². The van der Waals surface area contributed by atoms with Crippen LogP contribution >= 0.6 is 11.6 Å². The number of nitrogens with one attached hydrogen (secondary N) is 1. The van der Waals surface area contributed by atoms with Crippen LogP contribution in [-0.4, -0.2) is 20.7 Å². The van der Waals surface area contributed by atoms with E-state index >= 15 is 0 Å². The number of anilines is 1. The summed E-state index contributed by atoms with van der Waals surface area (Å²) in [7, 11) is 0. The van der Waals surface area contributed by atoms with Crippen molar-refractivity contribution in [3.05, 3.63) is 70.8 Å². The second-order valence-corrected chi connectivity index (χ2v) is 5.66. The van der Waals surface area contributed by atoms with Gasteiger partial charge in [0.1, 0.15) is 12.7 Å². The van der Waals surface area contributed by atoms with Crippen LogP contribution in [0.2, 0.25) is 5.02 Å². The number of nitrogens with zero attached hydrogens (tertiary/aromatic N) is 3. The first-order chi connectivity index (χ1) is 11.1. The highest BCUT2D eigenvalue weighted by Gasteiger charge is 2.13. The van der Waals surface area contributed by atoms with Gasteiger partial charge in [-0.05, 0) is 49.2 Å². The molecular weight excluding hydrogens is 312 g/mol. The van der Waals surface area contributed by atoms with Crippen molar-refractivity contribution < 1.29 is 4.79 Å². The summed E-state index contributed by atoms with van der Waals surface area (Å²) < 4.78 is 1.82. The van der Waals surface area contributed by atoms with E-state index in [0.717, 1.165) is 22.5 Å². The number of hydrogen-bond acceptors (Lipinski definition) is 3. The summed E-state index contributed by atoms with van der Waals surface area (Å²) in [5.74, 6) is -0.223. The zero-order valence-electron chi connectivity index (χ0n) is 12.7. The lowest BCUT2D eigenvalue weighted by molar-refractivity contribution is 0.102. The highest BCUT2D eigenvalue weighted by Crippen LogP contribution is 2.25. The summed E-state index contributed by atoms with van der Waals surface area (Å²) in [6.45, 7) is 3.89. The molecule has 0 aliphatic carbocycles. The zero-order valence-corrected chi connectivity index (χ0v) is 13.5. The Bertz CT molecular complexity index is 836. The number of amides is 1. The van der Waals surface area contributed by atoms with Gasteiger partial charge >= 0.3 is 0 Å². The Morgan fingerprint density at radius 2 is 1.70 bits per heavy atom. The molecule has 3 rings (SSSR count). The molecule has 1 aromatic heterocycles. The van der Waals surface area contributed by atoms with Crippen LogP contribution in [0.3, 0.4) is 0 Å². The SMILES string of the molecule is Cc1cc(-n2cnnc2)cc(C)c1NC(=O)c1ccccc1Cl. The van der Waals surface area contributed by atoms with Gasteiger partial charge in [0.05, 0.1) is 10.6 Å². The van der Waals surface area contributed by atoms with Gasteiger partial charge in [-0.1, -0.05) is 23.7 Å². The molecule has 5 nitrogen and oxygen atoms in total. The fraction of sp³-hybridized carbons (Fsp3) is 0.118. The quantitative estimate of drug-likeness (QED) is 0.796. The first kappa shape index (κ1) is 15.2. The molecule has 0 fully saturated rings. The lowest BCUT2D eigenvalue weighted by atomic mass is 10.1.